The first-order valence-corrected chi connectivity index (χ1v) is 8.00. The van der Waals surface area contributed by atoms with Crippen molar-refractivity contribution in [3.63, 3.8) is 0 Å². The lowest BCUT2D eigenvalue weighted by Gasteiger charge is -2.19. The number of hydrogen-bond acceptors (Lipinski definition) is 4. The Balaban J connectivity index is 1.82. The van der Waals surface area contributed by atoms with E-state index in [2.05, 4.69) is 6.92 Å². The van der Waals surface area contributed by atoms with Crippen LogP contribution in [0.25, 0.3) is 6.08 Å². The van der Waals surface area contributed by atoms with E-state index in [0.717, 1.165) is 17.7 Å². The first-order chi connectivity index (χ1) is 11.7. The summed E-state index contributed by atoms with van der Waals surface area (Å²) in [6.07, 6.45) is 2.83. The Hall–Kier alpha value is -2.75. The molecule has 2 aromatic rings. The predicted octanol–water partition coefficient (Wildman–Crippen LogP) is 4.14. The SMILES string of the molecule is CCCOc1ccc(/C=C2\COc3ccc(OC)cc3C2=O)cc1. The standard InChI is InChI=1S/C20H20O4/c1-3-10-23-16-6-4-14(5-7-16)11-15-13-24-19-9-8-17(22-2)12-18(19)20(15)21/h4-9,11-12H,3,10,13H2,1-2H3/b15-11+. The van der Waals surface area contributed by atoms with Crippen LogP contribution in [-0.2, 0) is 0 Å². The van der Waals surface area contributed by atoms with Crippen molar-refractivity contribution in [1.29, 1.82) is 0 Å². The van der Waals surface area contributed by atoms with Gasteiger partial charge in [0.05, 0.1) is 19.3 Å². The van der Waals surface area contributed by atoms with Gasteiger partial charge in [0.15, 0.2) is 5.78 Å². The van der Waals surface area contributed by atoms with Crippen LogP contribution in [0.4, 0.5) is 0 Å². The molecule has 1 heterocycles. The van der Waals surface area contributed by atoms with E-state index in [9.17, 15) is 4.79 Å². The van der Waals surface area contributed by atoms with E-state index in [1.54, 1.807) is 25.3 Å². The summed E-state index contributed by atoms with van der Waals surface area (Å²) in [6, 6.07) is 13.0. The lowest BCUT2D eigenvalue weighted by Crippen LogP contribution is -2.19. The van der Waals surface area contributed by atoms with E-state index in [1.165, 1.54) is 0 Å². The van der Waals surface area contributed by atoms with Crippen LogP contribution in [0.15, 0.2) is 48.0 Å². The Morgan fingerprint density at radius 3 is 2.58 bits per heavy atom. The van der Waals surface area contributed by atoms with Crippen molar-refractivity contribution in [3.05, 3.63) is 59.2 Å². The number of hydrogen-bond donors (Lipinski definition) is 0. The number of carbonyl (C=O) groups is 1. The van der Waals surface area contributed by atoms with Gasteiger partial charge >= 0.3 is 0 Å². The van der Waals surface area contributed by atoms with Gasteiger partial charge in [-0.05, 0) is 48.4 Å². The minimum atomic E-state index is -0.0264. The Morgan fingerprint density at radius 1 is 1.12 bits per heavy atom. The van der Waals surface area contributed by atoms with E-state index < -0.39 is 0 Å². The van der Waals surface area contributed by atoms with Gasteiger partial charge in [0, 0.05) is 5.57 Å². The molecule has 0 fully saturated rings. The molecule has 24 heavy (non-hydrogen) atoms. The molecule has 0 unspecified atom stereocenters. The van der Waals surface area contributed by atoms with Crippen LogP contribution in [0.5, 0.6) is 17.2 Å². The number of benzene rings is 2. The molecule has 3 rings (SSSR count). The van der Waals surface area contributed by atoms with Gasteiger partial charge in [-0.25, -0.2) is 0 Å². The van der Waals surface area contributed by atoms with Gasteiger partial charge < -0.3 is 14.2 Å². The van der Waals surface area contributed by atoms with Gasteiger partial charge in [-0.3, -0.25) is 4.79 Å². The second kappa shape index (κ2) is 7.21. The lowest BCUT2D eigenvalue weighted by molar-refractivity contribution is 0.100. The van der Waals surface area contributed by atoms with E-state index in [-0.39, 0.29) is 12.4 Å². The second-order valence-corrected chi connectivity index (χ2v) is 5.57. The topological polar surface area (TPSA) is 44.8 Å². The summed E-state index contributed by atoms with van der Waals surface area (Å²) in [6.45, 7) is 3.04. The highest BCUT2D eigenvalue weighted by atomic mass is 16.5. The zero-order valence-electron chi connectivity index (χ0n) is 13.9. The summed E-state index contributed by atoms with van der Waals surface area (Å²) < 4.78 is 16.4. The van der Waals surface area contributed by atoms with Crippen LogP contribution >= 0.6 is 0 Å². The molecule has 0 aromatic heterocycles. The van der Waals surface area contributed by atoms with Crippen molar-refractivity contribution < 1.29 is 19.0 Å². The minimum Gasteiger partial charge on any atom is -0.497 e. The molecule has 0 spiro atoms. The Morgan fingerprint density at radius 2 is 1.88 bits per heavy atom. The fraction of sp³-hybridized carbons (Fsp3) is 0.250. The molecular formula is C20H20O4. The molecule has 4 nitrogen and oxygen atoms in total. The van der Waals surface area contributed by atoms with Crippen LogP contribution in [0, 0.1) is 0 Å². The summed E-state index contributed by atoms with van der Waals surface area (Å²) in [5.74, 6) is 2.05. The van der Waals surface area contributed by atoms with Crippen LogP contribution in [0.2, 0.25) is 0 Å². The van der Waals surface area contributed by atoms with Gasteiger partial charge in [0.25, 0.3) is 0 Å². The summed E-state index contributed by atoms with van der Waals surface area (Å²) in [5.41, 5.74) is 2.10. The summed E-state index contributed by atoms with van der Waals surface area (Å²) in [5, 5.41) is 0. The normalized spacial score (nSPS) is 14.9. The zero-order valence-corrected chi connectivity index (χ0v) is 13.9. The van der Waals surface area contributed by atoms with Crippen LogP contribution in [0.1, 0.15) is 29.3 Å². The van der Waals surface area contributed by atoms with Crippen molar-refractivity contribution in [2.24, 2.45) is 0 Å². The largest absolute Gasteiger partial charge is 0.497 e. The quantitative estimate of drug-likeness (QED) is 0.775. The van der Waals surface area contributed by atoms with Crippen molar-refractivity contribution in [2.75, 3.05) is 20.3 Å². The highest BCUT2D eigenvalue weighted by Gasteiger charge is 2.23. The highest BCUT2D eigenvalue weighted by molar-refractivity contribution is 6.14. The van der Waals surface area contributed by atoms with Gasteiger partial charge in [-0.15, -0.1) is 0 Å². The van der Waals surface area contributed by atoms with E-state index in [4.69, 9.17) is 14.2 Å². The smallest absolute Gasteiger partial charge is 0.196 e. The maximum atomic E-state index is 12.7. The molecule has 0 radical (unpaired) electrons. The van der Waals surface area contributed by atoms with Gasteiger partial charge in [0.2, 0.25) is 0 Å². The fourth-order valence-electron chi connectivity index (χ4n) is 2.52. The molecule has 0 bridgehead atoms. The highest BCUT2D eigenvalue weighted by Crippen LogP contribution is 2.31. The number of rotatable bonds is 5. The maximum Gasteiger partial charge on any atom is 0.196 e. The number of Topliss-reactive ketones (excluding diaryl/α,β-unsaturated/α-hetero) is 1. The Bertz CT molecular complexity index is 760. The van der Waals surface area contributed by atoms with Crippen molar-refractivity contribution >= 4 is 11.9 Å². The van der Waals surface area contributed by atoms with Crippen molar-refractivity contribution in [1.82, 2.24) is 0 Å². The average Bonchev–Trinajstić information content (AvgIpc) is 2.63. The molecule has 1 aliphatic rings. The predicted molar refractivity (Wildman–Crippen MR) is 93.0 cm³/mol. The molecule has 124 valence electrons. The molecule has 0 N–H and O–H groups in total. The first-order valence-electron chi connectivity index (χ1n) is 8.00. The third-order valence-electron chi connectivity index (χ3n) is 3.80. The number of carbonyl (C=O) groups excluding carboxylic acids is 1. The lowest BCUT2D eigenvalue weighted by atomic mass is 9.98. The molecule has 1 aliphatic heterocycles. The molecule has 0 amide bonds. The molecule has 0 atom stereocenters. The van der Waals surface area contributed by atoms with Crippen LogP contribution in [-0.4, -0.2) is 26.1 Å². The summed E-state index contributed by atoms with van der Waals surface area (Å²) in [7, 11) is 1.58. The average molecular weight is 324 g/mol. The van der Waals surface area contributed by atoms with Gasteiger partial charge in [-0.2, -0.15) is 0 Å². The third kappa shape index (κ3) is 3.43. The zero-order chi connectivity index (χ0) is 16.9. The van der Waals surface area contributed by atoms with Gasteiger partial charge in [0.1, 0.15) is 23.9 Å². The Kier molecular flexibility index (Phi) is 4.85. The summed E-state index contributed by atoms with van der Waals surface area (Å²) >= 11 is 0. The number of methoxy groups -OCH3 is 1. The van der Waals surface area contributed by atoms with E-state index >= 15 is 0 Å². The maximum absolute atomic E-state index is 12.7. The van der Waals surface area contributed by atoms with Gasteiger partial charge in [-0.1, -0.05) is 19.1 Å². The molecule has 2 aromatic carbocycles. The Labute approximate surface area is 141 Å². The molecule has 4 heteroatoms. The van der Waals surface area contributed by atoms with E-state index in [1.807, 2.05) is 30.3 Å². The number of fused-ring (bicyclic) bond motifs is 1. The molecule has 0 aliphatic carbocycles. The van der Waals surface area contributed by atoms with Crippen LogP contribution < -0.4 is 14.2 Å². The van der Waals surface area contributed by atoms with Crippen LogP contribution in [0.3, 0.4) is 0 Å². The molecular weight excluding hydrogens is 304 g/mol. The monoisotopic (exact) mass is 324 g/mol. The van der Waals surface area contributed by atoms with Crippen molar-refractivity contribution in [2.45, 2.75) is 13.3 Å². The van der Waals surface area contributed by atoms with E-state index in [0.29, 0.717) is 29.2 Å². The third-order valence-corrected chi connectivity index (χ3v) is 3.80. The molecule has 0 saturated carbocycles. The molecule has 0 saturated heterocycles. The fourth-order valence-corrected chi connectivity index (χ4v) is 2.52. The number of ether oxygens (including phenoxy) is 3. The van der Waals surface area contributed by atoms with Crippen molar-refractivity contribution in [3.8, 4) is 17.2 Å². The number of ketones is 1. The summed E-state index contributed by atoms with van der Waals surface area (Å²) in [4.78, 5) is 12.7. The first kappa shape index (κ1) is 16.1. The second-order valence-electron chi connectivity index (χ2n) is 5.57. The minimum absolute atomic E-state index is 0.0264.